The Morgan fingerprint density at radius 2 is 2.11 bits per heavy atom. The summed E-state index contributed by atoms with van der Waals surface area (Å²) in [5.74, 6) is -2.15. The molecule has 1 rings (SSSR count). The summed E-state index contributed by atoms with van der Waals surface area (Å²) < 4.78 is 45.1. The van der Waals surface area contributed by atoms with Crippen molar-refractivity contribution >= 4 is 5.97 Å². The van der Waals surface area contributed by atoms with Crippen LogP contribution in [0.2, 0.25) is 0 Å². The van der Waals surface area contributed by atoms with Crippen LogP contribution < -0.4 is 9.47 Å². The Hall–Kier alpha value is -1.99. The van der Waals surface area contributed by atoms with E-state index in [-0.39, 0.29) is 17.0 Å². The fourth-order valence-electron chi connectivity index (χ4n) is 1.32. The molecule has 18 heavy (non-hydrogen) atoms. The Labute approximate surface area is 100 Å². The molecule has 0 bridgehead atoms. The molecule has 0 radical (unpaired) electrons. The monoisotopic (exact) mass is 265 g/mol. The zero-order chi connectivity index (χ0) is 13.9. The number of alkyl halides is 3. The van der Waals surface area contributed by atoms with Gasteiger partial charge in [0.15, 0.2) is 5.75 Å². The second kappa shape index (κ2) is 5.11. The fraction of sp³-hybridized carbons (Fsp3) is 0.400. The average Bonchev–Trinajstić information content (AvgIpc) is 2.22. The fourth-order valence-corrected chi connectivity index (χ4v) is 1.32. The number of hydrogen-bond donors (Lipinski definition) is 1. The van der Waals surface area contributed by atoms with Crippen LogP contribution in [0.15, 0.2) is 6.20 Å². The lowest BCUT2D eigenvalue weighted by atomic mass is 10.1. The van der Waals surface area contributed by atoms with E-state index >= 15 is 0 Å². The molecular weight excluding hydrogens is 255 g/mol. The Morgan fingerprint density at radius 3 is 2.56 bits per heavy atom. The first-order valence-electron chi connectivity index (χ1n) is 4.74. The summed E-state index contributed by atoms with van der Waals surface area (Å²) in [6.45, 7) is 1.31. The lowest BCUT2D eigenvalue weighted by molar-refractivity contribution is -0.275. The van der Waals surface area contributed by atoms with Gasteiger partial charge in [-0.15, -0.1) is 13.2 Å². The number of methoxy groups -OCH3 is 1. The Balaban J connectivity index is 3.22. The van der Waals surface area contributed by atoms with Crippen molar-refractivity contribution in [3.63, 3.8) is 0 Å². The second-order valence-corrected chi connectivity index (χ2v) is 3.37. The molecule has 100 valence electrons. The van der Waals surface area contributed by atoms with Gasteiger partial charge in [-0.25, -0.2) is 4.98 Å². The highest BCUT2D eigenvalue weighted by Gasteiger charge is 2.34. The number of aromatic nitrogens is 1. The molecule has 0 atom stereocenters. The molecule has 0 aliphatic carbocycles. The summed E-state index contributed by atoms with van der Waals surface area (Å²) in [6.07, 6.45) is -4.20. The number of carboxylic acids is 1. The van der Waals surface area contributed by atoms with Crippen LogP contribution in [0.1, 0.15) is 11.1 Å². The molecule has 1 aromatic rings. The molecule has 0 fully saturated rings. The minimum atomic E-state index is -4.90. The Kier molecular flexibility index (Phi) is 4.00. The number of hydrogen-bond acceptors (Lipinski definition) is 4. The molecule has 1 aromatic heterocycles. The maximum absolute atomic E-state index is 12.2. The van der Waals surface area contributed by atoms with Crippen molar-refractivity contribution in [1.29, 1.82) is 0 Å². The van der Waals surface area contributed by atoms with Crippen LogP contribution >= 0.6 is 0 Å². The highest BCUT2D eigenvalue weighted by atomic mass is 19.4. The van der Waals surface area contributed by atoms with E-state index in [1.54, 1.807) is 0 Å². The molecule has 1 N–H and O–H groups in total. The van der Waals surface area contributed by atoms with E-state index in [4.69, 9.17) is 5.11 Å². The Bertz CT molecular complexity index is 459. The SMILES string of the molecule is COc1ncc(CC(=O)O)c(C)c1OC(F)(F)F. The first-order valence-corrected chi connectivity index (χ1v) is 4.74. The van der Waals surface area contributed by atoms with E-state index in [1.807, 2.05) is 0 Å². The van der Waals surface area contributed by atoms with E-state index in [9.17, 15) is 18.0 Å². The number of rotatable bonds is 4. The third-order valence-electron chi connectivity index (χ3n) is 2.11. The third kappa shape index (κ3) is 3.51. The van der Waals surface area contributed by atoms with Crippen LogP contribution in [0.3, 0.4) is 0 Å². The molecule has 0 unspecified atom stereocenters. The molecule has 0 aromatic carbocycles. The summed E-state index contributed by atoms with van der Waals surface area (Å²) in [5.41, 5.74) is 0.157. The highest BCUT2D eigenvalue weighted by Crippen LogP contribution is 2.35. The van der Waals surface area contributed by atoms with Crippen molar-refractivity contribution < 1.29 is 32.5 Å². The van der Waals surface area contributed by atoms with Gasteiger partial charge in [-0.1, -0.05) is 0 Å². The molecular formula is C10H10F3NO4. The predicted octanol–water partition coefficient (Wildman–Crippen LogP) is 1.92. The molecule has 1 heterocycles. The average molecular weight is 265 g/mol. The number of carbonyl (C=O) groups is 1. The lowest BCUT2D eigenvalue weighted by Crippen LogP contribution is -2.19. The van der Waals surface area contributed by atoms with Gasteiger partial charge >= 0.3 is 12.3 Å². The smallest absolute Gasteiger partial charge is 0.481 e. The number of halogens is 3. The summed E-state index contributed by atoms with van der Waals surface area (Å²) >= 11 is 0. The zero-order valence-electron chi connectivity index (χ0n) is 9.54. The predicted molar refractivity (Wildman–Crippen MR) is 53.5 cm³/mol. The van der Waals surface area contributed by atoms with Gasteiger partial charge in [0.25, 0.3) is 5.88 Å². The van der Waals surface area contributed by atoms with Crippen LogP contribution in [0.5, 0.6) is 11.6 Å². The maximum atomic E-state index is 12.2. The largest absolute Gasteiger partial charge is 0.573 e. The molecule has 0 aliphatic rings. The van der Waals surface area contributed by atoms with Crippen molar-refractivity contribution in [3.05, 3.63) is 17.3 Å². The van der Waals surface area contributed by atoms with Crippen molar-refractivity contribution in [2.75, 3.05) is 7.11 Å². The molecule has 0 aliphatic heterocycles. The molecule has 0 spiro atoms. The first-order chi connectivity index (χ1) is 8.24. The summed E-state index contributed by atoms with van der Waals surface area (Å²) in [5, 5.41) is 8.62. The summed E-state index contributed by atoms with van der Waals surface area (Å²) in [6, 6.07) is 0. The zero-order valence-corrected chi connectivity index (χ0v) is 9.54. The summed E-state index contributed by atoms with van der Waals surface area (Å²) in [4.78, 5) is 14.1. The number of carboxylic acid groups (broad SMARTS) is 1. The minimum absolute atomic E-state index is 0.0292. The number of aliphatic carboxylic acids is 1. The third-order valence-corrected chi connectivity index (χ3v) is 2.11. The van der Waals surface area contributed by atoms with E-state index in [0.29, 0.717) is 0 Å². The van der Waals surface area contributed by atoms with Gasteiger partial charge in [-0.2, -0.15) is 0 Å². The number of pyridine rings is 1. The van der Waals surface area contributed by atoms with Crippen molar-refractivity contribution in [1.82, 2.24) is 4.98 Å². The molecule has 8 heteroatoms. The van der Waals surface area contributed by atoms with Crippen molar-refractivity contribution in [3.8, 4) is 11.6 Å². The topological polar surface area (TPSA) is 68.7 Å². The molecule has 0 amide bonds. The number of ether oxygens (including phenoxy) is 2. The van der Waals surface area contributed by atoms with Gasteiger partial charge < -0.3 is 14.6 Å². The normalized spacial score (nSPS) is 11.2. The summed E-state index contributed by atoms with van der Waals surface area (Å²) in [7, 11) is 1.14. The highest BCUT2D eigenvalue weighted by molar-refractivity contribution is 5.71. The lowest BCUT2D eigenvalue weighted by Gasteiger charge is -2.15. The number of nitrogens with zero attached hydrogens (tertiary/aromatic N) is 1. The maximum Gasteiger partial charge on any atom is 0.573 e. The van der Waals surface area contributed by atoms with Crippen LogP contribution in [0.25, 0.3) is 0 Å². The van der Waals surface area contributed by atoms with Crippen molar-refractivity contribution in [2.45, 2.75) is 19.7 Å². The molecule has 0 saturated carbocycles. The van der Waals surface area contributed by atoms with Gasteiger partial charge in [-0.05, 0) is 12.5 Å². The van der Waals surface area contributed by atoms with Crippen LogP contribution in [0, 0.1) is 6.92 Å². The van der Waals surface area contributed by atoms with Crippen LogP contribution in [0.4, 0.5) is 13.2 Å². The minimum Gasteiger partial charge on any atom is -0.481 e. The van der Waals surface area contributed by atoms with Crippen molar-refractivity contribution in [2.24, 2.45) is 0 Å². The van der Waals surface area contributed by atoms with Gasteiger partial charge in [0, 0.05) is 11.8 Å². The van der Waals surface area contributed by atoms with E-state index in [1.165, 1.54) is 6.92 Å². The molecule has 5 nitrogen and oxygen atoms in total. The Morgan fingerprint density at radius 1 is 1.50 bits per heavy atom. The van der Waals surface area contributed by atoms with Gasteiger partial charge in [0.2, 0.25) is 0 Å². The van der Waals surface area contributed by atoms with E-state index in [2.05, 4.69) is 14.5 Å². The van der Waals surface area contributed by atoms with Gasteiger partial charge in [0.05, 0.1) is 13.5 Å². The van der Waals surface area contributed by atoms with Crippen LogP contribution in [-0.2, 0) is 11.2 Å². The quantitative estimate of drug-likeness (QED) is 0.900. The molecule has 0 saturated heterocycles. The first kappa shape index (κ1) is 14.1. The van der Waals surface area contributed by atoms with E-state index in [0.717, 1.165) is 13.3 Å². The van der Waals surface area contributed by atoms with Gasteiger partial charge in [-0.3, -0.25) is 4.79 Å². The van der Waals surface area contributed by atoms with Gasteiger partial charge in [0.1, 0.15) is 0 Å². The van der Waals surface area contributed by atoms with Crippen LogP contribution in [-0.4, -0.2) is 29.5 Å². The second-order valence-electron chi connectivity index (χ2n) is 3.37. The standard InChI is InChI=1S/C10H10F3NO4/c1-5-6(3-7(15)16)4-14-9(17-2)8(5)18-10(11,12)13/h4H,3H2,1-2H3,(H,15,16). The van der Waals surface area contributed by atoms with E-state index < -0.39 is 24.5 Å².